The SMILES string of the molecule is COC(=O)C(CSC(=O)C(C)c1ccc(CC(C)C)cc1)NC(C)=O. The number of ether oxygens (including phenoxy) is 1. The largest absolute Gasteiger partial charge is 0.467 e. The summed E-state index contributed by atoms with van der Waals surface area (Å²) in [6.07, 6.45) is 1.01. The third-order valence-electron chi connectivity index (χ3n) is 3.73. The Morgan fingerprint density at radius 2 is 1.72 bits per heavy atom. The number of benzene rings is 1. The van der Waals surface area contributed by atoms with Crippen molar-refractivity contribution in [2.45, 2.75) is 46.1 Å². The normalized spacial score (nSPS) is 13.2. The third kappa shape index (κ3) is 7.30. The molecule has 0 saturated heterocycles. The lowest BCUT2D eigenvalue weighted by molar-refractivity contribution is -0.144. The molecule has 0 aliphatic heterocycles. The van der Waals surface area contributed by atoms with Gasteiger partial charge in [-0.2, -0.15) is 0 Å². The molecule has 6 heteroatoms. The van der Waals surface area contributed by atoms with Gasteiger partial charge in [-0.05, 0) is 23.5 Å². The molecule has 1 amide bonds. The summed E-state index contributed by atoms with van der Waals surface area (Å²) in [4.78, 5) is 35.2. The first kappa shape index (κ1) is 21.2. The third-order valence-corrected chi connectivity index (χ3v) is 4.87. The average molecular weight is 365 g/mol. The topological polar surface area (TPSA) is 72.5 Å². The Morgan fingerprint density at radius 1 is 1.12 bits per heavy atom. The fraction of sp³-hybridized carbons (Fsp3) is 0.526. The molecule has 5 nitrogen and oxygen atoms in total. The summed E-state index contributed by atoms with van der Waals surface area (Å²) in [6.45, 7) is 7.51. The lowest BCUT2D eigenvalue weighted by atomic mass is 9.97. The Hall–Kier alpha value is -1.82. The predicted molar refractivity (Wildman–Crippen MR) is 100 cm³/mol. The van der Waals surface area contributed by atoms with Gasteiger partial charge in [-0.1, -0.05) is 56.8 Å². The Labute approximate surface area is 153 Å². The minimum absolute atomic E-state index is 0.0455. The minimum atomic E-state index is -0.822. The van der Waals surface area contributed by atoms with Gasteiger partial charge in [0.25, 0.3) is 0 Å². The number of carbonyl (C=O) groups excluding carboxylic acids is 3. The van der Waals surface area contributed by atoms with Crippen LogP contribution < -0.4 is 5.32 Å². The molecule has 138 valence electrons. The summed E-state index contributed by atoms with van der Waals surface area (Å²) in [5.41, 5.74) is 2.20. The first-order valence-corrected chi connectivity index (χ1v) is 9.33. The average Bonchev–Trinajstić information content (AvgIpc) is 2.56. The first-order valence-electron chi connectivity index (χ1n) is 8.35. The summed E-state index contributed by atoms with van der Waals surface area (Å²) in [7, 11) is 1.25. The Bertz CT molecular complexity index is 598. The van der Waals surface area contributed by atoms with E-state index in [-0.39, 0.29) is 22.7 Å². The number of thioether (sulfide) groups is 1. The summed E-state index contributed by atoms with van der Waals surface area (Å²) in [5.74, 6) is -0.433. The standard InChI is InChI=1S/C19H27NO4S/c1-12(2)10-15-6-8-16(9-7-15)13(3)19(23)25-11-17(18(22)24-5)20-14(4)21/h6-9,12-13,17H,10-11H2,1-5H3,(H,20,21). The van der Waals surface area contributed by atoms with E-state index in [4.69, 9.17) is 0 Å². The molecule has 1 N–H and O–H groups in total. The van der Waals surface area contributed by atoms with Crippen LogP contribution in [0.1, 0.15) is 44.7 Å². The number of carbonyl (C=O) groups is 3. The highest BCUT2D eigenvalue weighted by Gasteiger charge is 2.24. The van der Waals surface area contributed by atoms with Gasteiger partial charge >= 0.3 is 5.97 Å². The van der Waals surface area contributed by atoms with Crippen molar-refractivity contribution >= 4 is 28.8 Å². The highest BCUT2D eigenvalue weighted by atomic mass is 32.2. The molecule has 0 fully saturated rings. The molecule has 0 heterocycles. The van der Waals surface area contributed by atoms with Crippen molar-refractivity contribution in [1.29, 1.82) is 0 Å². The molecule has 1 aromatic rings. The van der Waals surface area contributed by atoms with Crippen LogP contribution in [0, 0.1) is 5.92 Å². The van der Waals surface area contributed by atoms with Crippen molar-refractivity contribution in [2.75, 3.05) is 12.9 Å². The van der Waals surface area contributed by atoms with E-state index >= 15 is 0 Å². The molecule has 0 aromatic heterocycles. The van der Waals surface area contributed by atoms with Crippen molar-refractivity contribution in [3.63, 3.8) is 0 Å². The van der Waals surface area contributed by atoms with Crippen LogP contribution in [0.15, 0.2) is 24.3 Å². The Kier molecular flexibility index (Phi) is 8.69. The van der Waals surface area contributed by atoms with E-state index < -0.39 is 12.0 Å². The van der Waals surface area contributed by atoms with Crippen LogP contribution in [-0.2, 0) is 25.5 Å². The molecule has 2 atom stereocenters. The number of rotatable bonds is 8. The second kappa shape index (κ2) is 10.2. The minimum Gasteiger partial charge on any atom is -0.467 e. The molecular formula is C19H27NO4S. The van der Waals surface area contributed by atoms with Crippen LogP contribution in [0.3, 0.4) is 0 Å². The van der Waals surface area contributed by atoms with E-state index in [1.807, 2.05) is 19.1 Å². The molecule has 0 spiro atoms. The monoisotopic (exact) mass is 365 g/mol. The second-order valence-electron chi connectivity index (χ2n) is 6.47. The van der Waals surface area contributed by atoms with E-state index in [0.29, 0.717) is 5.92 Å². The smallest absolute Gasteiger partial charge is 0.329 e. The summed E-state index contributed by atoms with van der Waals surface area (Å²) < 4.78 is 4.66. The van der Waals surface area contributed by atoms with Crippen molar-refractivity contribution < 1.29 is 19.1 Å². The zero-order valence-electron chi connectivity index (χ0n) is 15.5. The molecule has 25 heavy (non-hydrogen) atoms. The fourth-order valence-electron chi connectivity index (χ4n) is 2.40. The van der Waals surface area contributed by atoms with E-state index in [9.17, 15) is 14.4 Å². The Balaban J connectivity index is 2.65. The van der Waals surface area contributed by atoms with Crippen LogP contribution >= 0.6 is 11.8 Å². The summed E-state index contributed by atoms with van der Waals surface area (Å²) in [6, 6.07) is 7.24. The van der Waals surface area contributed by atoms with Crippen LogP contribution in [0.4, 0.5) is 0 Å². The fourth-order valence-corrected chi connectivity index (χ4v) is 3.33. The zero-order valence-corrected chi connectivity index (χ0v) is 16.3. The van der Waals surface area contributed by atoms with E-state index in [1.165, 1.54) is 19.6 Å². The van der Waals surface area contributed by atoms with Crippen molar-refractivity contribution in [1.82, 2.24) is 5.32 Å². The molecule has 2 unspecified atom stereocenters. The van der Waals surface area contributed by atoms with Crippen molar-refractivity contribution in [2.24, 2.45) is 5.92 Å². The number of amides is 1. The molecule has 0 aliphatic rings. The van der Waals surface area contributed by atoms with Crippen LogP contribution in [0.25, 0.3) is 0 Å². The summed E-state index contributed by atoms with van der Waals surface area (Å²) >= 11 is 1.03. The van der Waals surface area contributed by atoms with E-state index in [1.54, 1.807) is 0 Å². The number of hydrogen-bond donors (Lipinski definition) is 1. The van der Waals surface area contributed by atoms with Crippen LogP contribution in [0.2, 0.25) is 0 Å². The zero-order chi connectivity index (χ0) is 19.0. The molecule has 1 rings (SSSR count). The molecule has 0 aliphatic carbocycles. The lowest BCUT2D eigenvalue weighted by Crippen LogP contribution is -2.42. The van der Waals surface area contributed by atoms with Gasteiger partial charge in [0.05, 0.1) is 13.0 Å². The maximum absolute atomic E-state index is 12.4. The Morgan fingerprint density at radius 3 is 2.20 bits per heavy atom. The van der Waals surface area contributed by atoms with Crippen molar-refractivity contribution in [3.05, 3.63) is 35.4 Å². The van der Waals surface area contributed by atoms with Gasteiger partial charge in [0.15, 0.2) is 5.12 Å². The predicted octanol–water partition coefficient (Wildman–Crippen LogP) is 2.93. The van der Waals surface area contributed by atoms with E-state index in [0.717, 1.165) is 23.7 Å². The van der Waals surface area contributed by atoms with Gasteiger partial charge in [0, 0.05) is 12.7 Å². The number of hydrogen-bond acceptors (Lipinski definition) is 5. The molecule has 0 saturated carbocycles. The molecule has 0 radical (unpaired) electrons. The number of methoxy groups -OCH3 is 1. The van der Waals surface area contributed by atoms with E-state index in [2.05, 4.69) is 36.0 Å². The molecule has 0 bridgehead atoms. The van der Waals surface area contributed by atoms with Crippen LogP contribution in [-0.4, -0.2) is 35.9 Å². The lowest BCUT2D eigenvalue weighted by Gasteiger charge is -2.16. The number of nitrogens with one attached hydrogen (secondary N) is 1. The number of esters is 1. The van der Waals surface area contributed by atoms with Gasteiger partial charge in [0.2, 0.25) is 5.91 Å². The van der Waals surface area contributed by atoms with Gasteiger partial charge in [-0.3, -0.25) is 9.59 Å². The van der Waals surface area contributed by atoms with Gasteiger partial charge in [-0.15, -0.1) is 0 Å². The van der Waals surface area contributed by atoms with Crippen LogP contribution in [0.5, 0.6) is 0 Å². The van der Waals surface area contributed by atoms with Gasteiger partial charge < -0.3 is 10.1 Å². The maximum atomic E-state index is 12.4. The van der Waals surface area contributed by atoms with Gasteiger partial charge in [-0.25, -0.2) is 4.79 Å². The summed E-state index contributed by atoms with van der Waals surface area (Å²) in [5, 5.41) is 2.46. The maximum Gasteiger partial charge on any atom is 0.329 e. The van der Waals surface area contributed by atoms with Gasteiger partial charge in [0.1, 0.15) is 6.04 Å². The molecule has 1 aromatic carbocycles. The molecular weight excluding hydrogens is 338 g/mol. The van der Waals surface area contributed by atoms with Crippen molar-refractivity contribution in [3.8, 4) is 0 Å². The highest BCUT2D eigenvalue weighted by Crippen LogP contribution is 2.24. The highest BCUT2D eigenvalue weighted by molar-refractivity contribution is 8.13. The second-order valence-corrected chi connectivity index (χ2v) is 7.49. The quantitative estimate of drug-likeness (QED) is 0.717. The first-order chi connectivity index (χ1) is 11.7.